The van der Waals surface area contributed by atoms with Gasteiger partial charge in [-0.3, -0.25) is 4.79 Å². The average molecular weight is 244 g/mol. The van der Waals surface area contributed by atoms with Crippen LogP contribution in [0.4, 0.5) is 0 Å². The minimum absolute atomic E-state index is 0.0269. The van der Waals surface area contributed by atoms with Crippen LogP contribution in [-0.4, -0.2) is 21.0 Å². The van der Waals surface area contributed by atoms with Crippen LogP contribution in [0.3, 0.4) is 0 Å². The number of aromatic nitrogens is 2. The van der Waals surface area contributed by atoms with Crippen LogP contribution in [0.2, 0.25) is 0 Å². The first-order valence-corrected chi connectivity index (χ1v) is 3.78. The lowest BCUT2D eigenvalue weighted by atomic mass is 10.2. The van der Waals surface area contributed by atoms with Gasteiger partial charge in [0.2, 0.25) is 0 Å². The summed E-state index contributed by atoms with van der Waals surface area (Å²) in [6, 6.07) is 1.52. The van der Waals surface area contributed by atoms with E-state index in [1.807, 2.05) is 0 Å². The van der Waals surface area contributed by atoms with Crippen molar-refractivity contribution < 1.29 is 9.90 Å². The number of halogens is 1. The maximum absolute atomic E-state index is 11.0. The molecule has 1 rings (SSSR count). The Morgan fingerprint density at radius 2 is 2.31 bits per heavy atom. The van der Waals surface area contributed by atoms with Gasteiger partial charge in [-0.15, -0.1) is 0 Å². The third kappa shape index (κ3) is 1.73. The van der Waals surface area contributed by atoms with Crippen LogP contribution >= 0.6 is 15.9 Å². The van der Waals surface area contributed by atoms with Gasteiger partial charge in [0.1, 0.15) is 6.07 Å². The standard InChI is InChI=1S/C6H2BrN3O3/c7-6-9-2(1-8)3(5(12)13)4(11)10-6/h(H,12,13)(H,9,10,11). The van der Waals surface area contributed by atoms with Gasteiger partial charge in [0.05, 0.1) is 0 Å². The summed E-state index contributed by atoms with van der Waals surface area (Å²) in [6.07, 6.45) is 0. The minimum atomic E-state index is -1.47. The molecule has 1 aromatic heterocycles. The molecular weight excluding hydrogens is 242 g/mol. The molecule has 7 heteroatoms. The first-order valence-electron chi connectivity index (χ1n) is 2.99. The second-order valence-electron chi connectivity index (χ2n) is 2.00. The Kier molecular flexibility index (Phi) is 2.44. The van der Waals surface area contributed by atoms with E-state index in [-0.39, 0.29) is 4.73 Å². The molecule has 0 aliphatic rings. The molecule has 66 valence electrons. The Morgan fingerprint density at radius 3 is 2.77 bits per heavy atom. The van der Waals surface area contributed by atoms with Gasteiger partial charge >= 0.3 is 5.97 Å². The van der Waals surface area contributed by atoms with Gasteiger partial charge in [0, 0.05) is 0 Å². The Hall–Kier alpha value is -1.68. The summed E-state index contributed by atoms with van der Waals surface area (Å²) in [5.41, 5.74) is -1.92. The summed E-state index contributed by atoms with van der Waals surface area (Å²) in [4.78, 5) is 27.1. The highest BCUT2D eigenvalue weighted by atomic mass is 79.9. The maximum Gasteiger partial charge on any atom is 0.344 e. The van der Waals surface area contributed by atoms with Crippen molar-refractivity contribution in [1.82, 2.24) is 9.97 Å². The number of rotatable bonds is 1. The molecule has 0 bridgehead atoms. The summed E-state index contributed by atoms with van der Waals surface area (Å²) >= 11 is 2.83. The summed E-state index contributed by atoms with van der Waals surface area (Å²) in [5, 5.41) is 17.0. The first kappa shape index (κ1) is 9.41. The van der Waals surface area contributed by atoms with E-state index in [1.54, 1.807) is 0 Å². The van der Waals surface area contributed by atoms with Crippen molar-refractivity contribution in [3.05, 3.63) is 26.3 Å². The number of hydrogen-bond acceptors (Lipinski definition) is 4. The molecule has 0 fully saturated rings. The Morgan fingerprint density at radius 1 is 1.69 bits per heavy atom. The van der Waals surface area contributed by atoms with E-state index in [2.05, 4.69) is 25.9 Å². The van der Waals surface area contributed by atoms with E-state index < -0.39 is 22.8 Å². The number of nitriles is 1. The van der Waals surface area contributed by atoms with Gasteiger partial charge in [-0.2, -0.15) is 5.26 Å². The monoisotopic (exact) mass is 243 g/mol. The number of aromatic amines is 1. The molecule has 6 nitrogen and oxygen atoms in total. The van der Waals surface area contributed by atoms with Crippen molar-refractivity contribution in [3.8, 4) is 6.07 Å². The lowest BCUT2D eigenvalue weighted by Gasteiger charge is -1.95. The van der Waals surface area contributed by atoms with Gasteiger partial charge in [0.15, 0.2) is 16.0 Å². The van der Waals surface area contributed by atoms with Gasteiger partial charge in [-0.05, 0) is 15.9 Å². The molecule has 1 aromatic rings. The molecule has 1 heterocycles. The minimum Gasteiger partial charge on any atom is -0.477 e. The zero-order valence-electron chi connectivity index (χ0n) is 6.04. The largest absolute Gasteiger partial charge is 0.477 e. The van der Waals surface area contributed by atoms with Crippen molar-refractivity contribution >= 4 is 21.9 Å². The summed E-state index contributed by atoms with van der Waals surface area (Å²) in [6.45, 7) is 0. The molecule has 13 heavy (non-hydrogen) atoms. The smallest absolute Gasteiger partial charge is 0.344 e. The fraction of sp³-hybridized carbons (Fsp3) is 0. The molecule has 0 aliphatic carbocycles. The molecule has 0 atom stereocenters. The SMILES string of the molecule is N#Cc1nc(Br)[nH]c(=O)c1C(=O)O. The molecule has 2 N–H and O–H groups in total. The molecule has 0 unspecified atom stereocenters. The van der Waals surface area contributed by atoms with Crippen LogP contribution in [0.25, 0.3) is 0 Å². The Labute approximate surface area is 80.0 Å². The van der Waals surface area contributed by atoms with E-state index >= 15 is 0 Å². The average Bonchev–Trinajstić information content (AvgIpc) is 2.01. The highest BCUT2D eigenvalue weighted by Crippen LogP contribution is 2.03. The van der Waals surface area contributed by atoms with E-state index in [1.165, 1.54) is 6.07 Å². The van der Waals surface area contributed by atoms with Crippen molar-refractivity contribution in [3.63, 3.8) is 0 Å². The normalized spacial score (nSPS) is 9.23. The van der Waals surface area contributed by atoms with Crippen LogP contribution in [0.5, 0.6) is 0 Å². The fourth-order valence-electron chi connectivity index (χ4n) is 0.725. The number of H-pyrrole nitrogens is 1. The Balaban J connectivity index is 3.60. The van der Waals surface area contributed by atoms with Crippen LogP contribution in [0, 0.1) is 11.3 Å². The second-order valence-corrected chi connectivity index (χ2v) is 2.75. The summed E-state index contributed by atoms with van der Waals surface area (Å²) in [5.74, 6) is -1.47. The number of hydrogen-bond donors (Lipinski definition) is 2. The van der Waals surface area contributed by atoms with Crippen LogP contribution in [0.1, 0.15) is 16.1 Å². The summed E-state index contributed by atoms with van der Waals surface area (Å²) < 4.78 is 0.0269. The van der Waals surface area contributed by atoms with Gasteiger partial charge < -0.3 is 10.1 Å². The lowest BCUT2D eigenvalue weighted by Crippen LogP contribution is -2.21. The van der Waals surface area contributed by atoms with E-state index in [0.717, 1.165) is 0 Å². The van der Waals surface area contributed by atoms with E-state index in [0.29, 0.717) is 0 Å². The molecule has 0 spiro atoms. The quantitative estimate of drug-likeness (QED) is 0.681. The van der Waals surface area contributed by atoms with Crippen molar-refractivity contribution in [2.24, 2.45) is 0 Å². The molecule has 0 amide bonds. The number of nitrogens with zero attached hydrogens (tertiary/aromatic N) is 2. The van der Waals surface area contributed by atoms with Crippen molar-refractivity contribution in [1.29, 1.82) is 5.26 Å². The molecular formula is C6H2BrN3O3. The van der Waals surface area contributed by atoms with Crippen LogP contribution in [-0.2, 0) is 0 Å². The van der Waals surface area contributed by atoms with E-state index in [9.17, 15) is 9.59 Å². The van der Waals surface area contributed by atoms with Crippen molar-refractivity contribution in [2.45, 2.75) is 0 Å². The number of carbonyl (C=O) groups is 1. The van der Waals surface area contributed by atoms with Gasteiger partial charge in [0.25, 0.3) is 5.56 Å². The van der Waals surface area contributed by atoms with E-state index in [4.69, 9.17) is 10.4 Å². The van der Waals surface area contributed by atoms with Crippen molar-refractivity contribution in [2.75, 3.05) is 0 Å². The first-order chi connectivity index (χ1) is 6.06. The van der Waals surface area contributed by atoms with Crippen LogP contribution in [0.15, 0.2) is 9.53 Å². The Bertz CT molecular complexity index is 459. The number of carboxylic acid groups (broad SMARTS) is 1. The number of nitrogens with one attached hydrogen (secondary N) is 1. The lowest BCUT2D eigenvalue weighted by molar-refractivity contribution is 0.0694. The molecule has 0 aliphatic heterocycles. The molecule has 0 saturated carbocycles. The third-order valence-corrected chi connectivity index (χ3v) is 1.59. The highest BCUT2D eigenvalue weighted by molar-refractivity contribution is 9.10. The predicted octanol–water partition coefficient (Wildman–Crippen LogP) is 0.102. The number of aromatic carboxylic acids is 1. The summed E-state index contributed by atoms with van der Waals surface area (Å²) in [7, 11) is 0. The maximum atomic E-state index is 11.0. The molecule has 0 radical (unpaired) electrons. The van der Waals surface area contributed by atoms with Crippen LogP contribution < -0.4 is 5.56 Å². The second kappa shape index (κ2) is 3.37. The zero-order valence-corrected chi connectivity index (χ0v) is 7.62. The highest BCUT2D eigenvalue weighted by Gasteiger charge is 2.16. The van der Waals surface area contributed by atoms with Gasteiger partial charge in [-0.25, -0.2) is 9.78 Å². The predicted molar refractivity (Wildman–Crippen MR) is 44.2 cm³/mol. The topological polar surface area (TPSA) is 107 Å². The third-order valence-electron chi connectivity index (χ3n) is 1.21. The fourth-order valence-corrected chi connectivity index (χ4v) is 1.08. The van der Waals surface area contributed by atoms with Gasteiger partial charge in [-0.1, -0.05) is 0 Å². The zero-order chi connectivity index (χ0) is 10.0. The number of carboxylic acids is 1. The molecule has 0 aromatic carbocycles. The molecule has 0 saturated heterocycles.